The fraction of sp³-hybridized carbons (Fsp3) is 0.500. The molecule has 0 saturated carbocycles. The maximum Gasteiger partial charge on any atom is 0.232 e. The zero-order valence-corrected chi connectivity index (χ0v) is 21.7. The molecule has 0 unspecified atom stereocenters. The van der Waals surface area contributed by atoms with Crippen molar-refractivity contribution in [1.82, 2.24) is 24.9 Å². The third-order valence-corrected chi connectivity index (χ3v) is 7.91. The number of aliphatic hydroxyl groups is 1. The zero-order valence-electron chi connectivity index (χ0n) is 21.7. The van der Waals surface area contributed by atoms with E-state index in [1.807, 2.05) is 25.1 Å². The second-order valence-electron chi connectivity index (χ2n) is 11.0. The molecule has 0 spiro atoms. The van der Waals surface area contributed by atoms with Crippen LogP contribution in [-0.4, -0.2) is 69.2 Å². The van der Waals surface area contributed by atoms with Gasteiger partial charge in [-0.3, -0.25) is 9.78 Å². The minimum Gasteiger partial charge on any atom is -0.380 e. The summed E-state index contributed by atoms with van der Waals surface area (Å²) in [6.07, 6.45) is 3.80. The van der Waals surface area contributed by atoms with Gasteiger partial charge in [-0.05, 0) is 37.1 Å². The molecule has 0 bridgehead atoms. The molecule has 4 heterocycles. The van der Waals surface area contributed by atoms with Crippen LogP contribution in [0.15, 0.2) is 47.2 Å². The molecule has 0 aliphatic carbocycles. The Bertz CT molecular complexity index is 1250. The highest BCUT2D eigenvalue weighted by molar-refractivity contribution is 5.79. The summed E-state index contributed by atoms with van der Waals surface area (Å²) in [6.45, 7) is 11.2. The minimum absolute atomic E-state index is 0.101. The van der Waals surface area contributed by atoms with Gasteiger partial charge in [-0.1, -0.05) is 50.2 Å². The van der Waals surface area contributed by atoms with Gasteiger partial charge >= 0.3 is 0 Å². The quantitative estimate of drug-likeness (QED) is 0.540. The van der Waals surface area contributed by atoms with Crippen molar-refractivity contribution in [2.24, 2.45) is 5.41 Å². The number of pyridine rings is 1. The highest BCUT2D eigenvalue weighted by Crippen LogP contribution is 2.50. The molecule has 1 amide bonds. The first-order chi connectivity index (χ1) is 17.1. The molecule has 2 aromatic heterocycles. The largest absolute Gasteiger partial charge is 0.380 e. The van der Waals surface area contributed by atoms with E-state index in [2.05, 4.69) is 60.0 Å². The molecule has 190 valence electrons. The van der Waals surface area contributed by atoms with Crippen molar-refractivity contribution in [2.45, 2.75) is 51.6 Å². The van der Waals surface area contributed by atoms with Gasteiger partial charge < -0.3 is 19.4 Å². The normalized spacial score (nSPS) is 21.6. The number of benzene rings is 1. The maximum atomic E-state index is 12.4. The number of aromatic nitrogens is 3. The molecule has 1 N–H and O–H groups in total. The number of likely N-dealkylation sites (tertiary alicyclic amines) is 2. The van der Waals surface area contributed by atoms with Gasteiger partial charge in [0.15, 0.2) is 0 Å². The van der Waals surface area contributed by atoms with Crippen LogP contribution >= 0.6 is 0 Å². The highest BCUT2D eigenvalue weighted by atomic mass is 16.5. The number of hydrogen-bond acceptors (Lipinski definition) is 7. The van der Waals surface area contributed by atoms with Crippen molar-refractivity contribution in [3.63, 3.8) is 0 Å². The third kappa shape index (κ3) is 4.02. The Morgan fingerprint density at radius 3 is 2.53 bits per heavy atom. The van der Waals surface area contributed by atoms with E-state index in [0.717, 1.165) is 18.7 Å². The van der Waals surface area contributed by atoms with Gasteiger partial charge in [-0.25, -0.2) is 0 Å². The fourth-order valence-electron chi connectivity index (χ4n) is 5.87. The van der Waals surface area contributed by atoms with E-state index < -0.39 is 11.0 Å². The molecule has 5 rings (SSSR count). The molecule has 2 saturated heterocycles. The maximum absolute atomic E-state index is 12.4. The van der Waals surface area contributed by atoms with Crippen LogP contribution in [0.5, 0.6) is 0 Å². The lowest BCUT2D eigenvalue weighted by atomic mass is 9.62. The fourth-order valence-corrected chi connectivity index (χ4v) is 5.87. The Morgan fingerprint density at radius 1 is 1.19 bits per heavy atom. The first kappa shape index (κ1) is 24.6. The molecule has 2 atom stereocenters. The Hall–Kier alpha value is -3.10. The summed E-state index contributed by atoms with van der Waals surface area (Å²) in [5, 5.41) is 16.6. The summed E-state index contributed by atoms with van der Waals surface area (Å²) in [5.74, 6) is 1.30. The predicted octanol–water partition coefficient (Wildman–Crippen LogP) is 3.78. The number of carbonyl (C=O) groups is 1. The number of rotatable bonds is 7. The van der Waals surface area contributed by atoms with Crippen molar-refractivity contribution in [1.29, 1.82) is 0 Å². The van der Waals surface area contributed by atoms with Gasteiger partial charge in [0.05, 0.1) is 5.92 Å². The average Bonchev–Trinajstić information content (AvgIpc) is 3.49. The van der Waals surface area contributed by atoms with Crippen LogP contribution < -0.4 is 0 Å². The molecule has 2 fully saturated rings. The molecule has 3 aromatic rings. The van der Waals surface area contributed by atoms with Gasteiger partial charge in [-0.2, -0.15) is 4.98 Å². The number of nitrogens with zero attached hydrogens (tertiary/aromatic N) is 5. The molecule has 36 heavy (non-hydrogen) atoms. The van der Waals surface area contributed by atoms with Crippen molar-refractivity contribution in [3.05, 3.63) is 65.3 Å². The van der Waals surface area contributed by atoms with Gasteiger partial charge in [0.2, 0.25) is 17.6 Å². The van der Waals surface area contributed by atoms with Crippen LogP contribution in [0.4, 0.5) is 0 Å². The van der Waals surface area contributed by atoms with Crippen LogP contribution in [0.3, 0.4) is 0 Å². The summed E-state index contributed by atoms with van der Waals surface area (Å²) in [7, 11) is 2.06. The Kier molecular flexibility index (Phi) is 6.21. The van der Waals surface area contributed by atoms with E-state index in [0.29, 0.717) is 48.3 Å². The van der Waals surface area contributed by atoms with E-state index in [1.54, 1.807) is 17.3 Å². The van der Waals surface area contributed by atoms with Crippen molar-refractivity contribution in [2.75, 3.05) is 33.2 Å². The van der Waals surface area contributed by atoms with Crippen molar-refractivity contribution < 1.29 is 14.4 Å². The molecule has 2 aliphatic heterocycles. The third-order valence-electron chi connectivity index (χ3n) is 7.91. The van der Waals surface area contributed by atoms with Gasteiger partial charge in [-0.15, -0.1) is 0 Å². The Balaban J connectivity index is 1.51. The first-order valence-corrected chi connectivity index (χ1v) is 12.7. The molecule has 2 aliphatic rings. The topological polar surface area (TPSA) is 95.6 Å². The van der Waals surface area contributed by atoms with Gasteiger partial charge in [0.25, 0.3) is 0 Å². The van der Waals surface area contributed by atoms with E-state index in [9.17, 15) is 9.90 Å². The number of carbonyl (C=O) groups excluding carboxylic acids is 1. The van der Waals surface area contributed by atoms with E-state index >= 15 is 0 Å². The van der Waals surface area contributed by atoms with E-state index in [4.69, 9.17) is 4.52 Å². The number of amides is 1. The smallest absolute Gasteiger partial charge is 0.232 e. The molecule has 8 heteroatoms. The summed E-state index contributed by atoms with van der Waals surface area (Å²) in [6, 6.07) is 10.2. The zero-order chi connectivity index (χ0) is 25.7. The van der Waals surface area contributed by atoms with Gasteiger partial charge in [0, 0.05) is 61.5 Å². The lowest BCUT2D eigenvalue weighted by molar-refractivity contribution is -0.127. The molecule has 8 nitrogen and oxygen atoms in total. The summed E-state index contributed by atoms with van der Waals surface area (Å²) >= 11 is 0. The molecular weight excluding hydrogens is 454 g/mol. The lowest BCUT2D eigenvalue weighted by Crippen LogP contribution is -2.63. The number of hydrogen-bond donors (Lipinski definition) is 1. The molecule has 1 aromatic carbocycles. The summed E-state index contributed by atoms with van der Waals surface area (Å²) in [5.41, 5.74) is 1.82. The van der Waals surface area contributed by atoms with E-state index in [1.165, 1.54) is 5.56 Å². The minimum atomic E-state index is -1.25. The van der Waals surface area contributed by atoms with Crippen LogP contribution in [0.25, 0.3) is 11.4 Å². The first-order valence-electron chi connectivity index (χ1n) is 12.7. The number of likely N-dealkylation sites (N-methyl/N-ethyl adjacent to an activating group) is 1. The summed E-state index contributed by atoms with van der Waals surface area (Å²) in [4.78, 5) is 25.3. The average molecular weight is 490 g/mol. The van der Waals surface area contributed by atoms with Gasteiger partial charge in [0.1, 0.15) is 5.60 Å². The molecular formula is C28H35N5O3. The van der Waals surface area contributed by atoms with Crippen LogP contribution in [0.2, 0.25) is 0 Å². The standard InChI is InChI=1S/C28H35N5O3/c1-6-33-15-21(12-24(33)34)26-30-25(31-36-26)20-11-23(14-29-13-20)28(35,27(4)16-32(5)17-27)22-9-7-19(8-10-22)18(2)3/h7-11,13-14,18,21,35H,6,12,15-17H2,1-5H3/t21-,28+/m1/s1. The van der Waals surface area contributed by atoms with Crippen molar-refractivity contribution >= 4 is 5.91 Å². The van der Waals surface area contributed by atoms with Crippen LogP contribution in [-0.2, 0) is 10.4 Å². The monoisotopic (exact) mass is 489 g/mol. The summed E-state index contributed by atoms with van der Waals surface area (Å²) < 4.78 is 5.57. The lowest BCUT2D eigenvalue weighted by Gasteiger charge is -2.55. The SMILES string of the molecule is CCN1C[C@H](c2nc(-c3cncc([C@@](O)(c4ccc(C(C)C)cc4)C4(C)CN(C)C4)c3)no2)CC1=O. The second-order valence-corrected chi connectivity index (χ2v) is 11.0. The second kappa shape index (κ2) is 9.09. The van der Waals surface area contributed by atoms with E-state index in [-0.39, 0.29) is 11.8 Å². The Labute approximate surface area is 212 Å². The van der Waals surface area contributed by atoms with Crippen LogP contribution in [0, 0.1) is 5.41 Å². The van der Waals surface area contributed by atoms with Crippen LogP contribution in [0.1, 0.15) is 68.5 Å². The highest BCUT2D eigenvalue weighted by Gasteiger charge is 2.55. The predicted molar refractivity (Wildman–Crippen MR) is 136 cm³/mol. The van der Waals surface area contributed by atoms with Crippen molar-refractivity contribution in [3.8, 4) is 11.4 Å². The Morgan fingerprint density at radius 2 is 1.92 bits per heavy atom. The molecule has 0 radical (unpaired) electrons.